The molecule has 0 bridgehead atoms. The van der Waals surface area contributed by atoms with Crippen LogP contribution >= 0.6 is 11.8 Å². The van der Waals surface area contributed by atoms with Crippen LogP contribution in [0.4, 0.5) is 11.4 Å². The third-order valence-corrected chi connectivity index (χ3v) is 7.20. The predicted molar refractivity (Wildman–Crippen MR) is 131 cm³/mol. The summed E-state index contributed by atoms with van der Waals surface area (Å²) in [6.07, 6.45) is 0.768. The van der Waals surface area contributed by atoms with E-state index in [4.69, 9.17) is 5.14 Å². The van der Waals surface area contributed by atoms with Gasteiger partial charge in [0.05, 0.1) is 9.82 Å². The smallest absolute Gasteiger partial charge is 0.293 e. The summed E-state index contributed by atoms with van der Waals surface area (Å²) >= 11 is 1.67. The molecular formula is C22H32N4O4S2. The van der Waals surface area contributed by atoms with Crippen molar-refractivity contribution < 1.29 is 13.3 Å². The Balaban J connectivity index is 2.27. The van der Waals surface area contributed by atoms with Crippen LogP contribution in [0, 0.1) is 10.1 Å². The summed E-state index contributed by atoms with van der Waals surface area (Å²) in [5, 5.41) is 20.1. The van der Waals surface area contributed by atoms with Crippen molar-refractivity contribution in [3.63, 3.8) is 0 Å². The lowest BCUT2D eigenvalue weighted by atomic mass is 10.1. The van der Waals surface area contributed by atoms with E-state index in [0.29, 0.717) is 17.8 Å². The molecule has 10 heteroatoms. The summed E-state index contributed by atoms with van der Waals surface area (Å²) in [5.41, 5.74) is -0.0301. The Bertz CT molecular complexity index is 990. The molecule has 3 N–H and O–H groups in total. The molecular weight excluding hydrogens is 448 g/mol. The fraction of sp³-hybridized carbons (Fsp3) is 0.455. The van der Waals surface area contributed by atoms with E-state index in [1.165, 1.54) is 12.1 Å². The van der Waals surface area contributed by atoms with Gasteiger partial charge < -0.3 is 5.32 Å². The lowest BCUT2D eigenvalue weighted by Crippen LogP contribution is -2.40. The van der Waals surface area contributed by atoms with Gasteiger partial charge in [-0.05, 0) is 58.4 Å². The Morgan fingerprint density at radius 2 is 1.72 bits per heavy atom. The van der Waals surface area contributed by atoms with E-state index in [2.05, 4.69) is 37.9 Å². The van der Waals surface area contributed by atoms with Crippen molar-refractivity contribution in [1.82, 2.24) is 4.90 Å². The highest BCUT2D eigenvalue weighted by molar-refractivity contribution is 7.99. The molecule has 2 rings (SSSR count). The van der Waals surface area contributed by atoms with Gasteiger partial charge in [-0.15, -0.1) is 11.8 Å². The van der Waals surface area contributed by atoms with Crippen molar-refractivity contribution in [1.29, 1.82) is 0 Å². The minimum Gasteiger partial charge on any atom is -0.376 e. The van der Waals surface area contributed by atoms with E-state index in [0.717, 1.165) is 23.9 Å². The van der Waals surface area contributed by atoms with E-state index in [1.807, 2.05) is 30.3 Å². The molecule has 0 amide bonds. The first-order chi connectivity index (χ1) is 15.0. The standard InChI is InChI=1S/C22H32N4O4S2/c1-16(2)25(17(3)4)13-12-18(15-31-19-8-6-5-7-9-19)24-21-11-10-20(32(23,29)30)14-22(21)26(27)28/h5-11,14,16-18,24H,12-13,15H2,1-4H3,(H2,23,29,30)/t18-/m1/s1. The first kappa shape index (κ1) is 26.1. The fourth-order valence-electron chi connectivity index (χ4n) is 3.51. The second kappa shape index (κ2) is 11.6. The van der Waals surface area contributed by atoms with Crippen LogP contribution in [-0.2, 0) is 10.0 Å². The number of primary sulfonamides is 1. The first-order valence-corrected chi connectivity index (χ1v) is 13.0. The first-order valence-electron chi connectivity index (χ1n) is 10.5. The highest BCUT2D eigenvalue weighted by atomic mass is 32.2. The van der Waals surface area contributed by atoms with Crippen LogP contribution in [-0.4, -0.2) is 48.7 Å². The molecule has 32 heavy (non-hydrogen) atoms. The van der Waals surface area contributed by atoms with Crippen LogP contribution in [0.1, 0.15) is 34.1 Å². The van der Waals surface area contributed by atoms with Gasteiger partial charge >= 0.3 is 0 Å². The second-order valence-electron chi connectivity index (χ2n) is 8.16. The number of nitrogens with one attached hydrogen (secondary N) is 1. The topological polar surface area (TPSA) is 119 Å². The summed E-state index contributed by atoms with van der Waals surface area (Å²) in [6.45, 7) is 9.43. The SMILES string of the molecule is CC(C)N(CC[C@H](CSc1ccccc1)Nc1ccc(S(N)(=O)=O)cc1[N+](=O)[O-])C(C)C. The predicted octanol–water partition coefficient (Wildman–Crippen LogP) is 4.32. The minimum absolute atomic E-state index is 0.0701. The lowest BCUT2D eigenvalue weighted by Gasteiger charge is -2.32. The molecule has 0 aliphatic heterocycles. The number of nitrogens with two attached hydrogens (primary N) is 1. The van der Waals surface area contributed by atoms with Gasteiger partial charge in [0.2, 0.25) is 10.0 Å². The lowest BCUT2D eigenvalue weighted by molar-refractivity contribution is -0.384. The van der Waals surface area contributed by atoms with Crippen molar-refractivity contribution in [3.05, 3.63) is 58.6 Å². The van der Waals surface area contributed by atoms with Crippen molar-refractivity contribution in [2.45, 2.75) is 62.0 Å². The normalized spacial score (nSPS) is 13.0. The Morgan fingerprint density at radius 3 is 2.25 bits per heavy atom. The van der Waals surface area contributed by atoms with Gasteiger partial charge in [0.25, 0.3) is 5.69 Å². The molecule has 0 unspecified atom stereocenters. The molecule has 0 radical (unpaired) electrons. The number of anilines is 1. The number of nitrogens with zero attached hydrogens (tertiary/aromatic N) is 2. The van der Waals surface area contributed by atoms with Gasteiger partial charge in [-0.3, -0.25) is 15.0 Å². The third-order valence-electron chi connectivity index (χ3n) is 5.11. The number of hydrogen-bond acceptors (Lipinski definition) is 7. The summed E-state index contributed by atoms with van der Waals surface area (Å²) < 4.78 is 23.3. The fourth-order valence-corrected chi connectivity index (χ4v) is 5.04. The molecule has 2 aromatic carbocycles. The minimum atomic E-state index is -4.03. The average molecular weight is 481 g/mol. The molecule has 0 aliphatic rings. The van der Waals surface area contributed by atoms with Crippen molar-refractivity contribution in [3.8, 4) is 0 Å². The maximum absolute atomic E-state index is 11.6. The van der Waals surface area contributed by atoms with E-state index in [-0.39, 0.29) is 22.3 Å². The van der Waals surface area contributed by atoms with Gasteiger partial charge in [0, 0.05) is 41.4 Å². The average Bonchev–Trinajstić information content (AvgIpc) is 2.71. The van der Waals surface area contributed by atoms with E-state index < -0.39 is 14.9 Å². The Kier molecular flexibility index (Phi) is 9.50. The maximum Gasteiger partial charge on any atom is 0.293 e. The van der Waals surface area contributed by atoms with Gasteiger partial charge in [0.1, 0.15) is 5.69 Å². The van der Waals surface area contributed by atoms with E-state index >= 15 is 0 Å². The molecule has 8 nitrogen and oxygen atoms in total. The molecule has 0 heterocycles. The van der Waals surface area contributed by atoms with Gasteiger partial charge in [-0.1, -0.05) is 18.2 Å². The number of nitro groups is 1. The number of benzene rings is 2. The van der Waals surface area contributed by atoms with Crippen molar-refractivity contribution in [2.24, 2.45) is 5.14 Å². The molecule has 1 atom stereocenters. The van der Waals surface area contributed by atoms with Crippen LogP contribution in [0.5, 0.6) is 0 Å². The highest BCUT2D eigenvalue weighted by Gasteiger charge is 2.22. The quantitative estimate of drug-likeness (QED) is 0.264. The van der Waals surface area contributed by atoms with Crippen LogP contribution in [0.15, 0.2) is 58.3 Å². The summed E-state index contributed by atoms with van der Waals surface area (Å²) in [6, 6.07) is 14.4. The number of hydrogen-bond donors (Lipinski definition) is 2. The number of rotatable bonds is 12. The zero-order valence-corrected chi connectivity index (χ0v) is 20.5. The third kappa shape index (κ3) is 7.77. The zero-order chi connectivity index (χ0) is 23.9. The highest BCUT2D eigenvalue weighted by Crippen LogP contribution is 2.29. The second-order valence-corrected chi connectivity index (χ2v) is 10.8. The molecule has 2 aromatic rings. The van der Waals surface area contributed by atoms with Gasteiger partial charge in [0.15, 0.2) is 0 Å². The number of nitro benzene ring substituents is 1. The summed E-state index contributed by atoms with van der Waals surface area (Å²) in [4.78, 5) is 14.2. The Hall–Kier alpha value is -2.14. The summed E-state index contributed by atoms with van der Waals surface area (Å²) in [7, 11) is -4.03. The van der Waals surface area contributed by atoms with Crippen LogP contribution in [0.2, 0.25) is 0 Å². The van der Waals surface area contributed by atoms with E-state index in [1.54, 1.807) is 11.8 Å². The maximum atomic E-state index is 11.6. The summed E-state index contributed by atoms with van der Waals surface area (Å²) in [5.74, 6) is 0.697. The number of sulfonamides is 1. The van der Waals surface area contributed by atoms with Gasteiger partial charge in [-0.2, -0.15) is 0 Å². The number of thioether (sulfide) groups is 1. The van der Waals surface area contributed by atoms with Crippen LogP contribution < -0.4 is 10.5 Å². The molecule has 0 aliphatic carbocycles. The molecule has 0 saturated heterocycles. The molecule has 0 fully saturated rings. The monoisotopic (exact) mass is 480 g/mol. The Morgan fingerprint density at radius 1 is 1.09 bits per heavy atom. The van der Waals surface area contributed by atoms with Crippen molar-refractivity contribution >= 4 is 33.2 Å². The Labute approximate surface area is 194 Å². The molecule has 0 saturated carbocycles. The molecule has 0 spiro atoms. The largest absolute Gasteiger partial charge is 0.376 e. The zero-order valence-electron chi connectivity index (χ0n) is 18.9. The molecule has 0 aromatic heterocycles. The van der Waals surface area contributed by atoms with Crippen LogP contribution in [0.25, 0.3) is 0 Å². The van der Waals surface area contributed by atoms with Gasteiger partial charge in [-0.25, -0.2) is 13.6 Å². The van der Waals surface area contributed by atoms with Crippen LogP contribution in [0.3, 0.4) is 0 Å². The van der Waals surface area contributed by atoms with Crippen molar-refractivity contribution in [2.75, 3.05) is 17.6 Å². The van der Waals surface area contributed by atoms with E-state index in [9.17, 15) is 18.5 Å². The molecule has 176 valence electrons.